The molecule has 0 saturated heterocycles. The van der Waals surface area contributed by atoms with Crippen LogP contribution in [0.25, 0.3) is 0 Å². The third-order valence-electron chi connectivity index (χ3n) is 4.55. The highest BCUT2D eigenvalue weighted by Crippen LogP contribution is 2.30. The average molecular weight is 457 g/mol. The number of hydrogen-bond donors (Lipinski definition) is 2. The highest BCUT2D eigenvalue weighted by atomic mass is 32.2. The molecule has 8 nitrogen and oxygen atoms in total. The Labute approximate surface area is 180 Å². The first-order valence-corrected chi connectivity index (χ1v) is 10.7. The number of primary sulfonamides is 1. The number of amides is 1. The molecule has 0 aromatic heterocycles. The number of halogens is 2. The zero-order chi connectivity index (χ0) is 23.3. The van der Waals surface area contributed by atoms with Gasteiger partial charge in [-0.3, -0.25) is 9.69 Å². The minimum Gasteiger partial charge on any atom is -0.493 e. The molecule has 2 rings (SSSR count). The predicted octanol–water partition coefficient (Wildman–Crippen LogP) is 2.63. The van der Waals surface area contributed by atoms with Gasteiger partial charge < -0.3 is 14.8 Å². The number of alkyl halides is 2. The van der Waals surface area contributed by atoms with Gasteiger partial charge in [0.1, 0.15) is 0 Å². The molecule has 0 fully saturated rings. The molecule has 11 heteroatoms. The van der Waals surface area contributed by atoms with Gasteiger partial charge in [-0.05, 0) is 61.9 Å². The Balaban J connectivity index is 2.09. The summed E-state index contributed by atoms with van der Waals surface area (Å²) >= 11 is 0. The largest absolute Gasteiger partial charge is 0.493 e. The first-order valence-electron chi connectivity index (χ1n) is 9.15. The van der Waals surface area contributed by atoms with Crippen molar-refractivity contribution < 1.29 is 31.5 Å². The number of ether oxygens (including phenoxy) is 2. The quantitative estimate of drug-likeness (QED) is 0.599. The summed E-state index contributed by atoms with van der Waals surface area (Å²) in [4.78, 5) is 14.0. The van der Waals surface area contributed by atoms with Crippen LogP contribution in [0.2, 0.25) is 0 Å². The van der Waals surface area contributed by atoms with Crippen molar-refractivity contribution in [2.75, 3.05) is 26.0 Å². The van der Waals surface area contributed by atoms with Crippen molar-refractivity contribution in [2.24, 2.45) is 5.14 Å². The van der Waals surface area contributed by atoms with Crippen LogP contribution in [-0.4, -0.2) is 46.5 Å². The molecule has 0 atom stereocenters. The van der Waals surface area contributed by atoms with Crippen molar-refractivity contribution in [1.82, 2.24) is 4.90 Å². The van der Waals surface area contributed by atoms with Crippen LogP contribution < -0.4 is 19.9 Å². The number of nitrogens with one attached hydrogen (secondary N) is 1. The molecule has 0 unspecified atom stereocenters. The van der Waals surface area contributed by atoms with Gasteiger partial charge in [0, 0.05) is 12.2 Å². The number of carbonyl (C=O) groups is 1. The number of rotatable bonds is 9. The molecule has 2 aromatic carbocycles. The summed E-state index contributed by atoms with van der Waals surface area (Å²) in [6, 6.07) is 7.35. The van der Waals surface area contributed by atoms with Crippen LogP contribution in [-0.2, 0) is 21.4 Å². The molecule has 0 saturated carbocycles. The summed E-state index contributed by atoms with van der Waals surface area (Å²) in [5.41, 5.74) is 2.36. The van der Waals surface area contributed by atoms with E-state index in [1.165, 1.54) is 31.4 Å². The average Bonchev–Trinajstić information content (AvgIpc) is 2.64. The van der Waals surface area contributed by atoms with Crippen molar-refractivity contribution in [3.05, 3.63) is 47.0 Å². The van der Waals surface area contributed by atoms with E-state index < -0.39 is 16.6 Å². The second kappa shape index (κ2) is 10.0. The molecular weight excluding hydrogens is 432 g/mol. The number of nitrogens with zero attached hydrogens (tertiary/aromatic N) is 1. The molecule has 170 valence electrons. The van der Waals surface area contributed by atoms with Crippen molar-refractivity contribution in [3.8, 4) is 11.5 Å². The fourth-order valence-electron chi connectivity index (χ4n) is 2.93. The Morgan fingerprint density at radius 3 is 2.45 bits per heavy atom. The van der Waals surface area contributed by atoms with E-state index in [4.69, 9.17) is 9.88 Å². The number of anilines is 1. The molecule has 0 aliphatic heterocycles. The normalized spacial score (nSPS) is 11.6. The Morgan fingerprint density at radius 1 is 1.19 bits per heavy atom. The Hall–Kier alpha value is -2.76. The summed E-state index contributed by atoms with van der Waals surface area (Å²) < 4.78 is 57.9. The predicted molar refractivity (Wildman–Crippen MR) is 112 cm³/mol. The smallest absolute Gasteiger partial charge is 0.387 e. The van der Waals surface area contributed by atoms with Crippen LogP contribution in [0.5, 0.6) is 11.5 Å². The van der Waals surface area contributed by atoms with Crippen LogP contribution in [0.15, 0.2) is 35.2 Å². The van der Waals surface area contributed by atoms with Gasteiger partial charge in [-0.15, -0.1) is 0 Å². The van der Waals surface area contributed by atoms with Gasteiger partial charge in [0.15, 0.2) is 11.5 Å². The molecule has 0 spiro atoms. The number of hydrogen-bond acceptors (Lipinski definition) is 6. The van der Waals surface area contributed by atoms with Gasteiger partial charge in [0.25, 0.3) is 0 Å². The van der Waals surface area contributed by atoms with E-state index >= 15 is 0 Å². The fraction of sp³-hybridized carbons (Fsp3) is 0.350. The number of aryl methyl sites for hydroxylation is 1. The Morgan fingerprint density at radius 2 is 1.87 bits per heavy atom. The van der Waals surface area contributed by atoms with E-state index in [0.717, 1.165) is 0 Å². The molecule has 0 aliphatic carbocycles. The first-order chi connectivity index (χ1) is 14.4. The third-order valence-corrected chi connectivity index (χ3v) is 5.45. The van der Waals surface area contributed by atoms with E-state index in [0.29, 0.717) is 22.4 Å². The molecule has 1 amide bonds. The van der Waals surface area contributed by atoms with E-state index in [1.807, 2.05) is 0 Å². The van der Waals surface area contributed by atoms with Crippen LogP contribution in [0.4, 0.5) is 14.5 Å². The SMILES string of the molecule is COc1ccc(CN(C)CC(=O)Nc2cc(S(N)(=O)=O)cc(C)c2C)cc1OC(F)F. The zero-order valence-electron chi connectivity index (χ0n) is 17.6. The molecule has 0 heterocycles. The maximum atomic E-state index is 12.6. The minimum atomic E-state index is -3.92. The standard InChI is InChI=1S/C20H25F2N3O5S/c1-12-7-15(31(23,27)28)9-16(13(12)2)24-19(26)11-25(3)10-14-5-6-17(29-4)18(8-14)30-20(21)22/h5-9,20H,10-11H2,1-4H3,(H,24,26)(H2,23,27,28). The van der Waals surface area contributed by atoms with Crippen LogP contribution >= 0.6 is 0 Å². The third kappa shape index (κ3) is 6.88. The Bertz CT molecular complexity index is 1060. The number of carbonyl (C=O) groups excluding carboxylic acids is 1. The number of likely N-dealkylation sites (N-methyl/N-ethyl adjacent to an activating group) is 1. The number of nitrogens with two attached hydrogens (primary N) is 1. The summed E-state index contributed by atoms with van der Waals surface area (Å²) in [6.45, 7) is 0.715. The van der Waals surface area contributed by atoms with Crippen molar-refractivity contribution in [2.45, 2.75) is 31.9 Å². The second-order valence-electron chi connectivity index (χ2n) is 7.04. The van der Waals surface area contributed by atoms with Crippen molar-refractivity contribution >= 4 is 21.6 Å². The lowest BCUT2D eigenvalue weighted by Crippen LogP contribution is -2.30. The van der Waals surface area contributed by atoms with Gasteiger partial charge in [0.2, 0.25) is 15.9 Å². The van der Waals surface area contributed by atoms with Gasteiger partial charge in [-0.1, -0.05) is 6.07 Å². The van der Waals surface area contributed by atoms with Gasteiger partial charge >= 0.3 is 6.61 Å². The summed E-state index contributed by atoms with van der Waals surface area (Å²) in [5.74, 6) is -0.307. The zero-order valence-corrected chi connectivity index (χ0v) is 18.4. The monoisotopic (exact) mass is 457 g/mol. The van der Waals surface area contributed by atoms with Gasteiger partial charge in [-0.2, -0.15) is 8.78 Å². The van der Waals surface area contributed by atoms with E-state index in [9.17, 15) is 22.0 Å². The summed E-state index contributed by atoms with van der Waals surface area (Å²) in [5, 5.41) is 7.88. The molecule has 0 bridgehead atoms. The molecule has 0 radical (unpaired) electrons. The summed E-state index contributed by atoms with van der Waals surface area (Å²) in [7, 11) is -0.897. The lowest BCUT2D eigenvalue weighted by Gasteiger charge is -2.19. The van der Waals surface area contributed by atoms with Crippen LogP contribution in [0, 0.1) is 13.8 Å². The molecule has 2 aromatic rings. The number of sulfonamides is 1. The highest BCUT2D eigenvalue weighted by Gasteiger charge is 2.16. The molecular formula is C20H25F2N3O5S. The topological polar surface area (TPSA) is 111 Å². The Kier molecular flexibility index (Phi) is 7.93. The van der Waals surface area contributed by atoms with Crippen molar-refractivity contribution in [3.63, 3.8) is 0 Å². The van der Waals surface area contributed by atoms with E-state index in [1.54, 1.807) is 31.9 Å². The molecule has 31 heavy (non-hydrogen) atoms. The summed E-state index contributed by atoms with van der Waals surface area (Å²) in [6.07, 6.45) is 0. The van der Waals surface area contributed by atoms with E-state index in [2.05, 4.69) is 10.1 Å². The molecule has 0 aliphatic rings. The van der Waals surface area contributed by atoms with E-state index in [-0.39, 0.29) is 35.4 Å². The first kappa shape index (κ1) is 24.5. The minimum absolute atomic E-state index is 0.0326. The van der Waals surface area contributed by atoms with Crippen LogP contribution in [0.1, 0.15) is 16.7 Å². The lowest BCUT2D eigenvalue weighted by molar-refractivity contribution is -0.117. The lowest BCUT2D eigenvalue weighted by atomic mass is 10.1. The molecule has 3 N–H and O–H groups in total. The van der Waals surface area contributed by atoms with Gasteiger partial charge in [-0.25, -0.2) is 13.6 Å². The maximum Gasteiger partial charge on any atom is 0.387 e. The second-order valence-corrected chi connectivity index (χ2v) is 8.60. The highest BCUT2D eigenvalue weighted by molar-refractivity contribution is 7.89. The number of methoxy groups -OCH3 is 1. The van der Waals surface area contributed by atoms with Gasteiger partial charge in [0.05, 0.1) is 18.6 Å². The number of benzene rings is 2. The van der Waals surface area contributed by atoms with Crippen LogP contribution in [0.3, 0.4) is 0 Å². The van der Waals surface area contributed by atoms with Crippen molar-refractivity contribution in [1.29, 1.82) is 0 Å². The fourth-order valence-corrected chi connectivity index (χ4v) is 3.55. The maximum absolute atomic E-state index is 12.6.